The van der Waals surface area contributed by atoms with Crippen LogP contribution in [0.2, 0.25) is 0 Å². The van der Waals surface area contributed by atoms with Gasteiger partial charge in [0.15, 0.2) is 5.78 Å². The van der Waals surface area contributed by atoms with Gasteiger partial charge in [-0.05, 0) is 58.2 Å². The van der Waals surface area contributed by atoms with E-state index in [1.165, 1.54) is 7.11 Å². The normalized spacial score (nSPS) is 15.3. The predicted octanol–water partition coefficient (Wildman–Crippen LogP) is 4.96. The maximum atomic E-state index is 13.8. The quantitative estimate of drug-likeness (QED) is 0.453. The summed E-state index contributed by atoms with van der Waals surface area (Å²) in [6.07, 6.45) is 5.07. The highest BCUT2D eigenvalue weighted by atomic mass is 16.5. The highest BCUT2D eigenvalue weighted by Crippen LogP contribution is 2.30. The molecule has 172 valence electrons. The van der Waals surface area contributed by atoms with Gasteiger partial charge in [0, 0.05) is 29.4 Å². The average molecular weight is 439 g/mol. The van der Waals surface area contributed by atoms with Gasteiger partial charge in [0.2, 0.25) is 0 Å². The van der Waals surface area contributed by atoms with Crippen LogP contribution in [0.5, 0.6) is 0 Å². The third-order valence-corrected chi connectivity index (χ3v) is 6.73. The van der Waals surface area contributed by atoms with Crippen LogP contribution in [0.3, 0.4) is 0 Å². The van der Waals surface area contributed by atoms with Gasteiger partial charge >= 0.3 is 5.97 Å². The minimum absolute atomic E-state index is 0.0318. The van der Waals surface area contributed by atoms with Crippen LogP contribution in [-0.2, 0) is 11.3 Å². The number of rotatable bonds is 7. The molecular weight excluding hydrogens is 404 g/mol. The zero-order chi connectivity index (χ0) is 23.4. The second kappa shape index (κ2) is 10.2. The molecule has 1 aliphatic carbocycles. The van der Waals surface area contributed by atoms with E-state index in [9.17, 15) is 14.4 Å². The van der Waals surface area contributed by atoms with Crippen molar-refractivity contribution in [2.45, 2.75) is 78.4 Å². The molecule has 0 bridgehead atoms. The number of nitrogens with zero attached hydrogens (tertiary/aromatic N) is 2. The van der Waals surface area contributed by atoms with E-state index in [1.807, 2.05) is 43.5 Å². The molecule has 3 rings (SSSR count). The molecule has 1 heterocycles. The van der Waals surface area contributed by atoms with E-state index in [0.717, 1.165) is 37.8 Å². The van der Waals surface area contributed by atoms with Gasteiger partial charge in [-0.3, -0.25) is 9.59 Å². The van der Waals surface area contributed by atoms with Crippen molar-refractivity contribution in [1.29, 1.82) is 0 Å². The van der Waals surface area contributed by atoms with Crippen LogP contribution in [0, 0.1) is 13.8 Å². The fourth-order valence-corrected chi connectivity index (χ4v) is 5.10. The van der Waals surface area contributed by atoms with Gasteiger partial charge in [0.05, 0.1) is 13.2 Å². The van der Waals surface area contributed by atoms with Crippen molar-refractivity contribution < 1.29 is 19.1 Å². The van der Waals surface area contributed by atoms with Crippen molar-refractivity contribution in [1.82, 2.24) is 9.47 Å². The largest absolute Gasteiger partial charge is 0.464 e. The van der Waals surface area contributed by atoms with Crippen LogP contribution < -0.4 is 0 Å². The first-order chi connectivity index (χ1) is 15.3. The van der Waals surface area contributed by atoms with Crippen molar-refractivity contribution in [3.8, 4) is 0 Å². The Labute approximate surface area is 190 Å². The SMILES string of the molecule is CCn1c(C)c(C(=O)C(C)N(C(=O)c2ccccc2)C2CCCCC2)c(C)c1C(=O)OC. The molecule has 6 nitrogen and oxygen atoms in total. The van der Waals surface area contributed by atoms with Gasteiger partial charge in [-0.25, -0.2) is 4.79 Å². The van der Waals surface area contributed by atoms with E-state index in [1.54, 1.807) is 24.0 Å². The number of carbonyl (C=O) groups excluding carboxylic acids is 3. The monoisotopic (exact) mass is 438 g/mol. The number of methoxy groups -OCH3 is 1. The first kappa shape index (κ1) is 23.8. The smallest absolute Gasteiger partial charge is 0.354 e. The third kappa shape index (κ3) is 4.36. The highest BCUT2D eigenvalue weighted by Gasteiger charge is 2.36. The molecule has 0 saturated heterocycles. The van der Waals surface area contributed by atoms with Crippen LogP contribution in [0.25, 0.3) is 0 Å². The molecule has 1 unspecified atom stereocenters. The van der Waals surface area contributed by atoms with E-state index in [0.29, 0.717) is 28.9 Å². The number of hydrogen-bond acceptors (Lipinski definition) is 4. The molecule has 1 amide bonds. The van der Waals surface area contributed by atoms with Crippen molar-refractivity contribution in [2.75, 3.05) is 7.11 Å². The maximum Gasteiger partial charge on any atom is 0.354 e. The summed E-state index contributed by atoms with van der Waals surface area (Å²) in [5.74, 6) is -0.701. The van der Waals surface area contributed by atoms with Gasteiger partial charge < -0.3 is 14.2 Å². The summed E-state index contributed by atoms with van der Waals surface area (Å²) in [5.41, 5.74) is 2.86. The zero-order valence-corrected chi connectivity index (χ0v) is 19.8. The van der Waals surface area contributed by atoms with Crippen molar-refractivity contribution in [2.24, 2.45) is 0 Å². The summed E-state index contributed by atoms with van der Waals surface area (Å²) in [6, 6.07) is 8.56. The van der Waals surface area contributed by atoms with Crippen molar-refractivity contribution in [3.63, 3.8) is 0 Å². The van der Waals surface area contributed by atoms with E-state index in [2.05, 4.69) is 0 Å². The number of Topliss-reactive ketones (excluding diaryl/α,β-unsaturated/α-hetero) is 1. The standard InChI is InChI=1S/C26H34N2O4/c1-6-27-18(3)22(17(2)23(27)26(31)32-5)24(29)19(4)28(21-15-11-8-12-16-21)25(30)20-13-9-7-10-14-20/h7,9-10,13-14,19,21H,6,8,11-12,15-16H2,1-5H3. The number of aromatic nitrogens is 1. The molecule has 1 aromatic carbocycles. The molecule has 2 aromatic rings. The fraction of sp³-hybridized carbons (Fsp3) is 0.500. The van der Waals surface area contributed by atoms with E-state index < -0.39 is 12.0 Å². The number of ketones is 1. The number of benzene rings is 1. The molecular formula is C26H34N2O4. The molecule has 1 fully saturated rings. The Morgan fingerprint density at radius 1 is 1.09 bits per heavy atom. The molecule has 6 heteroatoms. The van der Waals surface area contributed by atoms with Gasteiger partial charge in [-0.15, -0.1) is 0 Å². The van der Waals surface area contributed by atoms with Crippen LogP contribution in [0.4, 0.5) is 0 Å². The van der Waals surface area contributed by atoms with Crippen molar-refractivity contribution >= 4 is 17.7 Å². The van der Waals surface area contributed by atoms with Crippen LogP contribution in [-0.4, -0.2) is 46.3 Å². The summed E-state index contributed by atoms with van der Waals surface area (Å²) >= 11 is 0. The molecule has 1 aromatic heterocycles. The minimum Gasteiger partial charge on any atom is -0.464 e. The minimum atomic E-state index is -0.638. The lowest BCUT2D eigenvalue weighted by Gasteiger charge is -2.38. The van der Waals surface area contributed by atoms with Gasteiger partial charge in [-0.2, -0.15) is 0 Å². The Morgan fingerprint density at radius 3 is 2.28 bits per heavy atom. The summed E-state index contributed by atoms with van der Waals surface area (Å²) in [6.45, 7) is 7.94. The Bertz CT molecular complexity index is 987. The summed E-state index contributed by atoms with van der Waals surface area (Å²) in [4.78, 5) is 41.6. The van der Waals surface area contributed by atoms with Crippen LogP contribution in [0.1, 0.15) is 88.4 Å². The molecule has 1 saturated carbocycles. The first-order valence-electron chi connectivity index (χ1n) is 11.5. The zero-order valence-electron chi connectivity index (χ0n) is 19.8. The molecule has 32 heavy (non-hydrogen) atoms. The number of hydrogen-bond donors (Lipinski definition) is 0. The highest BCUT2D eigenvalue weighted by molar-refractivity contribution is 6.07. The summed E-state index contributed by atoms with van der Waals surface area (Å²) < 4.78 is 6.80. The van der Waals surface area contributed by atoms with Gasteiger partial charge in [-0.1, -0.05) is 37.5 Å². The van der Waals surface area contributed by atoms with Gasteiger partial charge in [0.25, 0.3) is 5.91 Å². The fourth-order valence-electron chi connectivity index (χ4n) is 5.10. The first-order valence-corrected chi connectivity index (χ1v) is 11.5. The molecule has 1 atom stereocenters. The third-order valence-electron chi connectivity index (χ3n) is 6.73. The van der Waals surface area contributed by atoms with E-state index >= 15 is 0 Å². The van der Waals surface area contributed by atoms with E-state index in [4.69, 9.17) is 4.74 Å². The molecule has 0 spiro atoms. The molecule has 1 aliphatic rings. The Hall–Kier alpha value is -2.89. The lowest BCUT2D eigenvalue weighted by molar-refractivity contribution is 0.0486. The summed E-state index contributed by atoms with van der Waals surface area (Å²) in [7, 11) is 1.34. The summed E-state index contributed by atoms with van der Waals surface area (Å²) in [5, 5.41) is 0. The van der Waals surface area contributed by atoms with Gasteiger partial charge in [0.1, 0.15) is 5.69 Å². The topological polar surface area (TPSA) is 68.6 Å². The Balaban J connectivity index is 2.04. The van der Waals surface area contributed by atoms with Crippen LogP contribution >= 0.6 is 0 Å². The number of amides is 1. The van der Waals surface area contributed by atoms with E-state index in [-0.39, 0.29) is 17.7 Å². The number of ether oxygens (including phenoxy) is 1. The lowest BCUT2D eigenvalue weighted by atomic mass is 9.90. The van der Waals surface area contributed by atoms with Crippen molar-refractivity contribution in [3.05, 3.63) is 58.4 Å². The lowest BCUT2D eigenvalue weighted by Crippen LogP contribution is -2.50. The second-order valence-electron chi connectivity index (χ2n) is 8.58. The Morgan fingerprint density at radius 2 is 1.72 bits per heavy atom. The second-order valence-corrected chi connectivity index (χ2v) is 8.58. The predicted molar refractivity (Wildman–Crippen MR) is 124 cm³/mol. The number of esters is 1. The Kier molecular flexibility index (Phi) is 7.54. The molecule has 0 N–H and O–H groups in total. The molecule has 0 aliphatic heterocycles. The number of carbonyl (C=O) groups is 3. The molecule has 0 radical (unpaired) electrons. The van der Waals surface area contributed by atoms with Crippen LogP contribution in [0.15, 0.2) is 30.3 Å². The maximum absolute atomic E-state index is 13.8. The average Bonchev–Trinajstić information content (AvgIpc) is 3.08.